The Morgan fingerprint density at radius 2 is 1.55 bits per heavy atom. The molecule has 3 aromatic carbocycles. The van der Waals surface area contributed by atoms with Crippen LogP contribution in [0.25, 0.3) is 10.8 Å². The molecule has 0 heterocycles. The molecule has 0 aromatic heterocycles. The van der Waals surface area contributed by atoms with Gasteiger partial charge in [0.25, 0.3) is 0 Å². The van der Waals surface area contributed by atoms with E-state index in [0.29, 0.717) is 11.3 Å². The van der Waals surface area contributed by atoms with Gasteiger partial charge in [-0.05, 0) is 41.5 Å². The Balaban J connectivity index is 1.91. The SMILES string of the molecule is Cc1ccccc1OC(=O)c1ccc2ccccc2c1. The summed E-state index contributed by atoms with van der Waals surface area (Å²) in [5.74, 6) is 0.274. The Morgan fingerprint density at radius 3 is 2.35 bits per heavy atom. The van der Waals surface area contributed by atoms with E-state index in [-0.39, 0.29) is 5.97 Å². The predicted molar refractivity (Wildman–Crippen MR) is 80.1 cm³/mol. The minimum atomic E-state index is -0.329. The van der Waals surface area contributed by atoms with E-state index in [9.17, 15) is 4.79 Å². The molecule has 0 spiro atoms. The second-order valence-corrected chi connectivity index (χ2v) is 4.72. The maximum absolute atomic E-state index is 12.2. The van der Waals surface area contributed by atoms with Crippen molar-refractivity contribution in [3.05, 3.63) is 77.9 Å². The van der Waals surface area contributed by atoms with Crippen molar-refractivity contribution in [2.75, 3.05) is 0 Å². The van der Waals surface area contributed by atoms with Gasteiger partial charge in [-0.25, -0.2) is 4.79 Å². The van der Waals surface area contributed by atoms with Crippen LogP contribution in [0.3, 0.4) is 0 Å². The lowest BCUT2D eigenvalue weighted by molar-refractivity contribution is 0.0733. The summed E-state index contributed by atoms with van der Waals surface area (Å²) < 4.78 is 5.44. The lowest BCUT2D eigenvalue weighted by Crippen LogP contribution is -2.09. The highest BCUT2D eigenvalue weighted by Crippen LogP contribution is 2.20. The molecule has 0 aliphatic rings. The van der Waals surface area contributed by atoms with E-state index < -0.39 is 0 Å². The molecule has 0 aliphatic carbocycles. The molecular weight excluding hydrogens is 248 g/mol. The van der Waals surface area contributed by atoms with Crippen LogP contribution in [0.2, 0.25) is 0 Å². The molecule has 3 aromatic rings. The van der Waals surface area contributed by atoms with Crippen LogP contribution in [0.15, 0.2) is 66.7 Å². The Morgan fingerprint density at radius 1 is 0.850 bits per heavy atom. The number of aryl methyl sites for hydroxylation is 1. The van der Waals surface area contributed by atoms with Crippen molar-refractivity contribution in [3.8, 4) is 5.75 Å². The summed E-state index contributed by atoms with van der Waals surface area (Å²) in [6.45, 7) is 1.92. The van der Waals surface area contributed by atoms with E-state index in [0.717, 1.165) is 16.3 Å². The van der Waals surface area contributed by atoms with Gasteiger partial charge in [-0.15, -0.1) is 0 Å². The van der Waals surface area contributed by atoms with Gasteiger partial charge < -0.3 is 4.74 Å². The van der Waals surface area contributed by atoms with Gasteiger partial charge in [0.15, 0.2) is 0 Å². The van der Waals surface area contributed by atoms with Gasteiger partial charge in [-0.2, -0.15) is 0 Å². The third-order valence-corrected chi connectivity index (χ3v) is 3.28. The normalized spacial score (nSPS) is 10.4. The highest BCUT2D eigenvalue weighted by molar-refractivity contribution is 5.96. The molecular formula is C18H14O2. The first-order chi connectivity index (χ1) is 9.74. The molecule has 0 atom stereocenters. The van der Waals surface area contributed by atoms with Crippen LogP contribution in [0, 0.1) is 6.92 Å². The van der Waals surface area contributed by atoms with Gasteiger partial charge in [0.1, 0.15) is 5.75 Å². The van der Waals surface area contributed by atoms with Gasteiger partial charge in [-0.1, -0.05) is 48.5 Å². The van der Waals surface area contributed by atoms with Crippen LogP contribution in [0.4, 0.5) is 0 Å². The summed E-state index contributed by atoms with van der Waals surface area (Å²) in [5, 5.41) is 2.15. The topological polar surface area (TPSA) is 26.3 Å². The number of esters is 1. The second kappa shape index (κ2) is 5.17. The first-order valence-corrected chi connectivity index (χ1v) is 6.51. The third kappa shape index (κ3) is 2.41. The average molecular weight is 262 g/mol. The number of benzene rings is 3. The quantitative estimate of drug-likeness (QED) is 0.506. The average Bonchev–Trinajstić information content (AvgIpc) is 2.49. The number of hydrogen-bond donors (Lipinski definition) is 0. The summed E-state index contributed by atoms with van der Waals surface area (Å²) in [4.78, 5) is 12.2. The zero-order valence-electron chi connectivity index (χ0n) is 11.2. The Kier molecular flexibility index (Phi) is 3.21. The highest BCUT2D eigenvalue weighted by atomic mass is 16.5. The smallest absolute Gasteiger partial charge is 0.343 e. The maximum atomic E-state index is 12.2. The fourth-order valence-electron chi connectivity index (χ4n) is 2.15. The van der Waals surface area contributed by atoms with Crippen molar-refractivity contribution in [2.45, 2.75) is 6.92 Å². The van der Waals surface area contributed by atoms with Gasteiger partial charge in [-0.3, -0.25) is 0 Å². The molecule has 0 bridgehead atoms. The van der Waals surface area contributed by atoms with Crippen LogP contribution in [-0.2, 0) is 0 Å². The molecule has 98 valence electrons. The number of para-hydroxylation sites is 1. The van der Waals surface area contributed by atoms with E-state index in [4.69, 9.17) is 4.74 Å². The Hall–Kier alpha value is -2.61. The highest BCUT2D eigenvalue weighted by Gasteiger charge is 2.10. The van der Waals surface area contributed by atoms with Gasteiger partial charge in [0, 0.05) is 0 Å². The maximum Gasteiger partial charge on any atom is 0.343 e. The number of carbonyl (C=O) groups is 1. The molecule has 0 fully saturated rings. The van der Waals surface area contributed by atoms with Crippen LogP contribution in [0.5, 0.6) is 5.75 Å². The molecule has 0 amide bonds. The van der Waals surface area contributed by atoms with Crippen molar-refractivity contribution in [1.82, 2.24) is 0 Å². The molecule has 0 radical (unpaired) electrons. The van der Waals surface area contributed by atoms with Crippen molar-refractivity contribution < 1.29 is 9.53 Å². The summed E-state index contributed by atoms with van der Waals surface area (Å²) >= 11 is 0. The van der Waals surface area contributed by atoms with E-state index in [1.807, 2.05) is 61.5 Å². The van der Waals surface area contributed by atoms with E-state index >= 15 is 0 Å². The van der Waals surface area contributed by atoms with E-state index in [1.165, 1.54) is 0 Å². The first kappa shape index (κ1) is 12.4. The predicted octanol–water partition coefficient (Wildman–Crippen LogP) is 4.37. The Labute approximate surface area is 117 Å². The molecule has 0 saturated carbocycles. The molecule has 20 heavy (non-hydrogen) atoms. The Bertz CT molecular complexity index is 775. The van der Waals surface area contributed by atoms with Crippen LogP contribution < -0.4 is 4.74 Å². The number of fused-ring (bicyclic) bond motifs is 1. The van der Waals surface area contributed by atoms with Crippen molar-refractivity contribution in [1.29, 1.82) is 0 Å². The van der Waals surface area contributed by atoms with Crippen LogP contribution in [0.1, 0.15) is 15.9 Å². The van der Waals surface area contributed by atoms with Gasteiger partial charge >= 0.3 is 5.97 Å². The van der Waals surface area contributed by atoms with Crippen LogP contribution in [-0.4, -0.2) is 5.97 Å². The number of ether oxygens (including phenoxy) is 1. The standard InChI is InChI=1S/C18H14O2/c1-13-6-2-5-9-17(13)20-18(19)16-11-10-14-7-3-4-8-15(14)12-16/h2-12H,1H3. The summed E-state index contributed by atoms with van der Waals surface area (Å²) in [7, 11) is 0. The largest absolute Gasteiger partial charge is 0.423 e. The molecule has 0 aliphatic heterocycles. The molecule has 0 saturated heterocycles. The molecule has 2 nitrogen and oxygen atoms in total. The summed E-state index contributed by atoms with van der Waals surface area (Å²) in [5.41, 5.74) is 1.51. The lowest BCUT2D eigenvalue weighted by atomic mass is 10.1. The van der Waals surface area contributed by atoms with Crippen molar-refractivity contribution >= 4 is 16.7 Å². The molecule has 0 unspecified atom stereocenters. The van der Waals surface area contributed by atoms with Crippen molar-refractivity contribution in [2.24, 2.45) is 0 Å². The zero-order chi connectivity index (χ0) is 13.9. The molecule has 3 rings (SSSR count). The van der Waals surface area contributed by atoms with E-state index in [1.54, 1.807) is 12.1 Å². The molecule has 0 N–H and O–H groups in total. The zero-order valence-corrected chi connectivity index (χ0v) is 11.2. The van der Waals surface area contributed by atoms with Gasteiger partial charge in [0.05, 0.1) is 5.56 Å². The summed E-state index contributed by atoms with van der Waals surface area (Å²) in [6, 6.07) is 21.0. The molecule has 2 heteroatoms. The third-order valence-electron chi connectivity index (χ3n) is 3.28. The van der Waals surface area contributed by atoms with E-state index in [2.05, 4.69) is 0 Å². The van der Waals surface area contributed by atoms with Crippen molar-refractivity contribution in [3.63, 3.8) is 0 Å². The second-order valence-electron chi connectivity index (χ2n) is 4.72. The fourth-order valence-corrected chi connectivity index (χ4v) is 2.15. The minimum Gasteiger partial charge on any atom is -0.423 e. The number of carbonyl (C=O) groups excluding carboxylic acids is 1. The number of hydrogen-bond acceptors (Lipinski definition) is 2. The lowest BCUT2D eigenvalue weighted by Gasteiger charge is -2.07. The summed E-state index contributed by atoms with van der Waals surface area (Å²) in [6.07, 6.45) is 0. The van der Waals surface area contributed by atoms with Crippen LogP contribution >= 0.6 is 0 Å². The first-order valence-electron chi connectivity index (χ1n) is 6.51. The van der Waals surface area contributed by atoms with Gasteiger partial charge in [0.2, 0.25) is 0 Å². The minimum absolute atomic E-state index is 0.329. The monoisotopic (exact) mass is 262 g/mol. The fraction of sp³-hybridized carbons (Fsp3) is 0.0556. The number of rotatable bonds is 2.